The summed E-state index contributed by atoms with van der Waals surface area (Å²) in [5.41, 5.74) is 1.33. The summed E-state index contributed by atoms with van der Waals surface area (Å²) in [5, 5.41) is 8.55. The van der Waals surface area contributed by atoms with Crippen molar-refractivity contribution in [3.05, 3.63) is 21.9 Å². The predicted molar refractivity (Wildman–Crippen MR) is 75.4 cm³/mol. The molecule has 1 aromatic rings. The van der Waals surface area contributed by atoms with Crippen LogP contribution in [-0.4, -0.2) is 31.7 Å². The Kier molecular flexibility index (Phi) is 4.15. The van der Waals surface area contributed by atoms with Crippen molar-refractivity contribution in [1.82, 2.24) is 10.6 Å². The number of nitrogens with one attached hydrogen (secondary N) is 2. The van der Waals surface area contributed by atoms with Gasteiger partial charge in [-0.15, -0.1) is 11.3 Å². The second-order valence-electron chi connectivity index (χ2n) is 5.21. The summed E-state index contributed by atoms with van der Waals surface area (Å²) < 4.78 is 5.57. The molecule has 2 aliphatic rings. The molecule has 2 N–H and O–H groups in total. The molecular weight excluding hydrogens is 260 g/mol. The maximum absolute atomic E-state index is 12.1. The number of hydrogen-bond acceptors (Lipinski definition) is 4. The third-order valence-electron chi connectivity index (χ3n) is 3.80. The van der Waals surface area contributed by atoms with Crippen LogP contribution in [0.2, 0.25) is 0 Å². The van der Waals surface area contributed by atoms with Crippen LogP contribution in [0.3, 0.4) is 0 Å². The Labute approximate surface area is 117 Å². The molecule has 0 bridgehead atoms. The van der Waals surface area contributed by atoms with Gasteiger partial charge in [-0.3, -0.25) is 4.79 Å². The molecule has 0 spiro atoms. The smallest absolute Gasteiger partial charge is 0.223 e. The Morgan fingerprint density at radius 1 is 1.58 bits per heavy atom. The first-order valence-electron chi connectivity index (χ1n) is 7.01. The standard InChI is InChI=1S/C14H20N2O2S/c17-14(8-10-9-15-5-6-18-10)16-12-2-1-3-13-11(12)4-7-19-13/h4,7,10,12,15H,1-3,5-6,8-9H2,(H,16,17). The van der Waals surface area contributed by atoms with E-state index in [1.165, 1.54) is 16.9 Å². The average molecular weight is 280 g/mol. The first-order chi connectivity index (χ1) is 9.33. The molecule has 1 saturated heterocycles. The second-order valence-corrected chi connectivity index (χ2v) is 6.21. The normalized spacial score (nSPS) is 26.7. The molecule has 1 aliphatic heterocycles. The van der Waals surface area contributed by atoms with Gasteiger partial charge in [0.05, 0.1) is 25.2 Å². The molecule has 1 amide bonds. The number of rotatable bonds is 3. The monoisotopic (exact) mass is 280 g/mol. The van der Waals surface area contributed by atoms with E-state index < -0.39 is 0 Å². The molecule has 5 heteroatoms. The molecule has 0 aromatic carbocycles. The van der Waals surface area contributed by atoms with Crippen LogP contribution in [0.25, 0.3) is 0 Å². The fourth-order valence-corrected chi connectivity index (χ4v) is 3.83. The lowest BCUT2D eigenvalue weighted by molar-refractivity contribution is -0.125. The molecule has 3 rings (SSSR count). The summed E-state index contributed by atoms with van der Waals surface area (Å²) in [7, 11) is 0. The minimum Gasteiger partial charge on any atom is -0.375 e. The molecule has 0 saturated carbocycles. The fourth-order valence-electron chi connectivity index (χ4n) is 2.85. The van der Waals surface area contributed by atoms with Gasteiger partial charge in [-0.25, -0.2) is 0 Å². The summed E-state index contributed by atoms with van der Waals surface area (Å²) in [4.78, 5) is 13.5. The second kappa shape index (κ2) is 6.03. The van der Waals surface area contributed by atoms with Gasteiger partial charge in [0.1, 0.15) is 0 Å². The minimum atomic E-state index is 0.0271. The molecule has 19 heavy (non-hydrogen) atoms. The van der Waals surface area contributed by atoms with Crippen molar-refractivity contribution in [2.75, 3.05) is 19.7 Å². The summed E-state index contributed by atoms with van der Waals surface area (Å²) in [6, 6.07) is 2.36. The third-order valence-corrected chi connectivity index (χ3v) is 4.80. The van der Waals surface area contributed by atoms with Gasteiger partial charge in [0, 0.05) is 18.0 Å². The van der Waals surface area contributed by atoms with Crippen LogP contribution >= 0.6 is 11.3 Å². The van der Waals surface area contributed by atoms with Gasteiger partial charge in [-0.05, 0) is 36.3 Å². The van der Waals surface area contributed by atoms with E-state index >= 15 is 0 Å². The number of aryl methyl sites for hydroxylation is 1. The summed E-state index contributed by atoms with van der Waals surface area (Å²) >= 11 is 1.81. The van der Waals surface area contributed by atoms with Gasteiger partial charge < -0.3 is 15.4 Å². The lowest BCUT2D eigenvalue weighted by Crippen LogP contribution is -2.42. The number of carbonyl (C=O) groups excluding carboxylic acids is 1. The van der Waals surface area contributed by atoms with Crippen molar-refractivity contribution in [3.63, 3.8) is 0 Å². The highest BCUT2D eigenvalue weighted by atomic mass is 32.1. The Balaban J connectivity index is 1.55. The molecule has 2 heterocycles. The number of morpholine rings is 1. The van der Waals surface area contributed by atoms with E-state index in [1.807, 2.05) is 0 Å². The Morgan fingerprint density at radius 3 is 3.37 bits per heavy atom. The summed E-state index contributed by atoms with van der Waals surface area (Å²) in [5.74, 6) is 0.109. The lowest BCUT2D eigenvalue weighted by atomic mass is 9.94. The Hall–Kier alpha value is -0.910. The van der Waals surface area contributed by atoms with Crippen molar-refractivity contribution in [2.24, 2.45) is 0 Å². The number of ether oxygens (including phenoxy) is 1. The molecule has 1 aliphatic carbocycles. The number of thiophene rings is 1. The van der Waals surface area contributed by atoms with Crippen LogP contribution in [0, 0.1) is 0 Å². The fraction of sp³-hybridized carbons (Fsp3) is 0.643. The molecule has 1 fully saturated rings. The average Bonchev–Trinajstić information content (AvgIpc) is 2.89. The number of fused-ring (bicyclic) bond motifs is 1. The number of hydrogen-bond donors (Lipinski definition) is 2. The van der Waals surface area contributed by atoms with E-state index in [1.54, 1.807) is 11.3 Å². The topological polar surface area (TPSA) is 50.4 Å². The minimum absolute atomic E-state index is 0.0271. The predicted octanol–water partition coefficient (Wildman–Crippen LogP) is 1.62. The first-order valence-corrected chi connectivity index (χ1v) is 7.89. The Morgan fingerprint density at radius 2 is 2.53 bits per heavy atom. The van der Waals surface area contributed by atoms with Crippen LogP contribution in [0.15, 0.2) is 11.4 Å². The zero-order valence-electron chi connectivity index (χ0n) is 11.0. The summed E-state index contributed by atoms with van der Waals surface area (Å²) in [6.45, 7) is 2.37. The summed E-state index contributed by atoms with van der Waals surface area (Å²) in [6.07, 6.45) is 3.87. The molecule has 2 atom stereocenters. The molecule has 1 aromatic heterocycles. The molecule has 4 nitrogen and oxygen atoms in total. The van der Waals surface area contributed by atoms with Crippen LogP contribution in [0.4, 0.5) is 0 Å². The quantitative estimate of drug-likeness (QED) is 0.884. The number of carbonyl (C=O) groups is 1. The highest BCUT2D eigenvalue weighted by molar-refractivity contribution is 7.10. The van der Waals surface area contributed by atoms with Gasteiger partial charge >= 0.3 is 0 Å². The SMILES string of the molecule is O=C(CC1CNCCO1)NC1CCCc2sccc21. The van der Waals surface area contributed by atoms with E-state index in [4.69, 9.17) is 4.74 Å². The third kappa shape index (κ3) is 3.16. The van der Waals surface area contributed by atoms with Crippen LogP contribution in [0.1, 0.15) is 35.7 Å². The van der Waals surface area contributed by atoms with Gasteiger partial charge in [0.15, 0.2) is 0 Å². The van der Waals surface area contributed by atoms with Crippen LogP contribution in [-0.2, 0) is 16.0 Å². The highest BCUT2D eigenvalue weighted by Crippen LogP contribution is 2.33. The highest BCUT2D eigenvalue weighted by Gasteiger charge is 2.24. The Bertz CT molecular complexity index is 440. The lowest BCUT2D eigenvalue weighted by Gasteiger charge is -2.26. The zero-order valence-corrected chi connectivity index (χ0v) is 11.8. The van der Waals surface area contributed by atoms with Crippen molar-refractivity contribution in [3.8, 4) is 0 Å². The van der Waals surface area contributed by atoms with Gasteiger partial charge in [0.2, 0.25) is 5.91 Å². The van der Waals surface area contributed by atoms with Crippen LogP contribution in [0.5, 0.6) is 0 Å². The first kappa shape index (κ1) is 13.1. The zero-order chi connectivity index (χ0) is 13.1. The van der Waals surface area contributed by atoms with Gasteiger partial charge in [-0.2, -0.15) is 0 Å². The van der Waals surface area contributed by atoms with Crippen molar-refractivity contribution in [1.29, 1.82) is 0 Å². The largest absolute Gasteiger partial charge is 0.375 e. The van der Waals surface area contributed by atoms with E-state index in [9.17, 15) is 4.79 Å². The van der Waals surface area contributed by atoms with Gasteiger partial charge in [0.25, 0.3) is 0 Å². The maximum atomic E-state index is 12.1. The molecule has 2 unspecified atom stereocenters. The van der Waals surface area contributed by atoms with Crippen molar-refractivity contribution < 1.29 is 9.53 Å². The van der Waals surface area contributed by atoms with E-state index in [0.717, 1.165) is 25.9 Å². The number of amides is 1. The molecule has 104 valence electrons. The van der Waals surface area contributed by atoms with Crippen molar-refractivity contribution in [2.45, 2.75) is 37.8 Å². The van der Waals surface area contributed by atoms with E-state index in [2.05, 4.69) is 22.1 Å². The van der Waals surface area contributed by atoms with Crippen molar-refractivity contribution >= 4 is 17.2 Å². The van der Waals surface area contributed by atoms with Gasteiger partial charge in [-0.1, -0.05) is 0 Å². The van der Waals surface area contributed by atoms with E-state index in [0.29, 0.717) is 13.0 Å². The van der Waals surface area contributed by atoms with E-state index in [-0.39, 0.29) is 18.1 Å². The maximum Gasteiger partial charge on any atom is 0.223 e. The van der Waals surface area contributed by atoms with Crippen LogP contribution < -0.4 is 10.6 Å². The molecule has 0 radical (unpaired) electrons. The molecular formula is C14H20N2O2S.